The number of carbonyl (C=O) groups excluding carboxylic acids is 1. The minimum absolute atomic E-state index is 0.112. The molecular formula is C21H25FN4O. The zero-order chi connectivity index (χ0) is 18.6. The Morgan fingerprint density at radius 1 is 1.04 bits per heavy atom. The summed E-state index contributed by atoms with van der Waals surface area (Å²) in [7, 11) is 0. The second-order valence-corrected chi connectivity index (χ2v) is 7.33. The molecule has 1 atom stereocenters. The lowest BCUT2D eigenvalue weighted by Gasteiger charge is -2.18. The topological polar surface area (TPSA) is 48.5 Å². The van der Waals surface area contributed by atoms with Gasteiger partial charge < -0.3 is 15.1 Å². The van der Waals surface area contributed by atoms with E-state index in [0.29, 0.717) is 13.1 Å². The number of anilines is 1. The average molecular weight is 368 g/mol. The van der Waals surface area contributed by atoms with E-state index in [1.165, 1.54) is 25.0 Å². The predicted octanol–water partition coefficient (Wildman–Crippen LogP) is 2.71. The summed E-state index contributed by atoms with van der Waals surface area (Å²) in [5, 5.41) is 3.36. The van der Waals surface area contributed by atoms with Crippen LogP contribution in [0.4, 0.5) is 10.2 Å². The molecular weight excluding hydrogens is 343 g/mol. The smallest absolute Gasteiger partial charge is 0.240 e. The van der Waals surface area contributed by atoms with Crippen LogP contribution in [0.1, 0.15) is 30.4 Å². The molecule has 2 saturated heterocycles. The van der Waals surface area contributed by atoms with Crippen molar-refractivity contribution < 1.29 is 9.18 Å². The van der Waals surface area contributed by atoms with Gasteiger partial charge in [0.1, 0.15) is 11.6 Å². The molecule has 0 radical (unpaired) electrons. The van der Waals surface area contributed by atoms with Crippen molar-refractivity contribution in [1.82, 2.24) is 15.2 Å². The maximum Gasteiger partial charge on any atom is 0.240 e. The molecule has 3 heterocycles. The van der Waals surface area contributed by atoms with Crippen molar-refractivity contribution in [3.8, 4) is 0 Å². The minimum Gasteiger partial charge on any atom is -0.357 e. The van der Waals surface area contributed by atoms with Crippen LogP contribution in [0.3, 0.4) is 0 Å². The van der Waals surface area contributed by atoms with E-state index in [0.717, 1.165) is 43.0 Å². The van der Waals surface area contributed by atoms with Crippen LogP contribution >= 0.6 is 0 Å². The third-order valence-electron chi connectivity index (χ3n) is 5.38. The predicted molar refractivity (Wildman–Crippen MR) is 103 cm³/mol. The summed E-state index contributed by atoms with van der Waals surface area (Å²) < 4.78 is 13.0. The van der Waals surface area contributed by atoms with Crippen molar-refractivity contribution in [1.29, 1.82) is 0 Å². The van der Waals surface area contributed by atoms with Crippen LogP contribution in [-0.2, 0) is 17.9 Å². The largest absolute Gasteiger partial charge is 0.357 e. The first kappa shape index (κ1) is 17.9. The monoisotopic (exact) mass is 368 g/mol. The number of rotatable bonds is 6. The molecule has 1 aromatic carbocycles. The number of benzene rings is 1. The lowest BCUT2D eigenvalue weighted by Crippen LogP contribution is -2.37. The number of nitrogens with one attached hydrogen (secondary N) is 1. The van der Waals surface area contributed by atoms with Gasteiger partial charge in [0.15, 0.2) is 0 Å². The van der Waals surface area contributed by atoms with Crippen LogP contribution in [0, 0.1) is 5.82 Å². The summed E-state index contributed by atoms with van der Waals surface area (Å²) >= 11 is 0. The van der Waals surface area contributed by atoms with Gasteiger partial charge in [-0.2, -0.15) is 0 Å². The van der Waals surface area contributed by atoms with Crippen LogP contribution < -0.4 is 10.2 Å². The fraction of sp³-hybridized carbons (Fsp3) is 0.429. The molecule has 2 aliphatic rings. The number of carbonyl (C=O) groups is 1. The number of hydrogen-bond acceptors (Lipinski definition) is 4. The summed E-state index contributed by atoms with van der Waals surface area (Å²) in [5.74, 6) is 0.898. The maximum absolute atomic E-state index is 13.0. The molecule has 27 heavy (non-hydrogen) atoms. The van der Waals surface area contributed by atoms with Crippen LogP contribution in [0.2, 0.25) is 0 Å². The van der Waals surface area contributed by atoms with E-state index in [1.807, 2.05) is 11.1 Å². The molecule has 5 nitrogen and oxygen atoms in total. The number of pyridine rings is 1. The molecule has 142 valence electrons. The molecule has 6 heteroatoms. The molecule has 4 rings (SSSR count). The van der Waals surface area contributed by atoms with Crippen molar-refractivity contribution in [3.05, 3.63) is 59.5 Å². The van der Waals surface area contributed by atoms with Crippen LogP contribution in [0.15, 0.2) is 42.6 Å². The quantitative estimate of drug-likeness (QED) is 0.852. The molecule has 0 spiro atoms. The standard InChI is InChI=1S/C21H25FN4O/c22-18-6-3-16(4-7-18)15-26-12-9-19(21(26)27)23-13-17-5-8-20(24-14-17)25-10-1-2-11-25/h3-8,14,19,23H,1-2,9-13,15H2. The van der Waals surface area contributed by atoms with E-state index in [1.54, 1.807) is 12.1 Å². The molecule has 2 fully saturated rings. The van der Waals surface area contributed by atoms with Gasteiger partial charge in [0.05, 0.1) is 6.04 Å². The maximum atomic E-state index is 13.0. The zero-order valence-electron chi connectivity index (χ0n) is 15.4. The SMILES string of the molecule is O=C1C(NCc2ccc(N3CCCC3)nc2)CCN1Cc1ccc(F)cc1. The van der Waals surface area contributed by atoms with Gasteiger partial charge in [-0.3, -0.25) is 4.79 Å². The fourth-order valence-corrected chi connectivity index (χ4v) is 3.79. The zero-order valence-corrected chi connectivity index (χ0v) is 15.4. The fourth-order valence-electron chi connectivity index (χ4n) is 3.79. The Labute approximate surface area is 159 Å². The summed E-state index contributed by atoms with van der Waals surface area (Å²) in [6.07, 6.45) is 5.17. The van der Waals surface area contributed by atoms with Gasteiger partial charge in [-0.05, 0) is 48.6 Å². The van der Waals surface area contributed by atoms with Crippen molar-refractivity contribution in [2.45, 2.75) is 38.4 Å². The molecule has 1 amide bonds. The van der Waals surface area contributed by atoms with Crippen LogP contribution in [0.25, 0.3) is 0 Å². The summed E-state index contributed by atoms with van der Waals surface area (Å²) in [6.45, 7) is 4.06. The first-order chi connectivity index (χ1) is 13.2. The number of aromatic nitrogens is 1. The second-order valence-electron chi connectivity index (χ2n) is 7.33. The van der Waals surface area contributed by atoms with E-state index < -0.39 is 0 Å². The third-order valence-corrected chi connectivity index (χ3v) is 5.38. The van der Waals surface area contributed by atoms with E-state index in [-0.39, 0.29) is 17.8 Å². The van der Waals surface area contributed by atoms with E-state index >= 15 is 0 Å². The van der Waals surface area contributed by atoms with Gasteiger partial charge in [-0.15, -0.1) is 0 Å². The number of amides is 1. The van der Waals surface area contributed by atoms with E-state index in [9.17, 15) is 9.18 Å². The number of likely N-dealkylation sites (tertiary alicyclic amines) is 1. The first-order valence-electron chi connectivity index (χ1n) is 9.65. The number of halogens is 1. The summed E-state index contributed by atoms with van der Waals surface area (Å²) in [5.41, 5.74) is 2.04. The van der Waals surface area contributed by atoms with Gasteiger partial charge in [0.25, 0.3) is 0 Å². The molecule has 1 unspecified atom stereocenters. The highest BCUT2D eigenvalue weighted by atomic mass is 19.1. The van der Waals surface area contributed by atoms with E-state index in [4.69, 9.17) is 0 Å². The third kappa shape index (κ3) is 4.27. The molecule has 0 bridgehead atoms. The Balaban J connectivity index is 1.28. The molecule has 2 aromatic rings. The Kier molecular flexibility index (Phi) is 5.34. The van der Waals surface area contributed by atoms with Crippen molar-refractivity contribution in [3.63, 3.8) is 0 Å². The Bertz CT molecular complexity index is 772. The minimum atomic E-state index is -0.254. The highest BCUT2D eigenvalue weighted by Crippen LogP contribution is 2.19. The first-order valence-corrected chi connectivity index (χ1v) is 9.65. The molecule has 1 aromatic heterocycles. The van der Waals surface area contributed by atoms with Gasteiger partial charge in [-0.25, -0.2) is 9.37 Å². The van der Waals surface area contributed by atoms with Gasteiger partial charge in [0, 0.05) is 38.9 Å². The highest BCUT2D eigenvalue weighted by molar-refractivity contribution is 5.83. The lowest BCUT2D eigenvalue weighted by molar-refractivity contribution is -0.129. The number of nitrogens with zero attached hydrogens (tertiary/aromatic N) is 3. The molecule has 1 N–H and O–H groups in total. The molecule has 0 aliphatic carbocycles. The van der Waals surface area contributed by atoms with Crippen LogP contribution in [-0.4, -0.2) is 41.5 Å². The van der Waals surface area contributed by atoms with Crippen LogP contribution in [0.5, 0.6) is 0 Å². The van der Waals surface area contributed by atoms with Gasteiger partial charge >= 0.3 is 0 Å². The summed E-state index contributed by atoms with van der Waals surface area (Å²) in [4.78, 5) is 21.3. The molecule has 2 aliphatic heterocycles. The summed E-state index contributed by atoms with van der Waals surface area (Å²) in [6, 6.07) is 10.3. The Morgan fingerprint density at radius 3 is 2.48 bits per heavy atom. The van der Waals surface area contributed by atoms with Crippen molar-refractivity contribution >= 4 is 11.7 Å². The van der Waals surface area contributed by atoms with Crippen molar-refractivity contribution in [2.75, 3.05) is 24.5 Å². The van der Waals surface area contributed by atoms with E-state index in [2.05, 4.69) is 27.3 Å². The van der Waals surface area contributed by atoms with Crippen molar-refractivity contribution in [2.24, 2.45) is 0 Å². The Hall–Kier alpha value is -2.47. The van der Waals surface area contributed by atoms with Gasteiger partial charge in [-0.1, -0.05) is 18.2 Å². The lowest BCUT2D eigenvalue weighted by atomic mass is 10.2. The average Bonchev–Trinajstić information content (AvgIpc) is 3.34. The Morgan fingerprint density at radius 2 is 1.78 bits per heavy atom. The highest BCUT2D eigenvalue weighted by Gasteiger charge is 2.31. The molecule has 0 saturated carbocycles. The van der Waals surface area contributed by atoms with Gasteiger partial charge in [0.2, 0.25) is 5.91 Å². The normalized spacial score (nSPS) is 19.9. The number of hydrogen-bond donors (Lipinski definition) is 1. The second kappa shape index (κ2) is 8.05.